The second-order valence-corrected chi connectivity index (χ2v) is 4.24. The fourth-order valence-electron chi connectivity index (χ4n) is 1.95. The highest BCUT2D eigenvalue weighted by molar-refractivity contribution is 5.76. The Kier molecular flexibility index (Phi) is 4.28. The minimum Gasteiger partial charge on any atom is -0.472 e. The lowest BCUT2D eigenvalue weighted by Gasteiger charge is -2.16. The molecule has 1 aliphatic rings. The van der Waals surface area contributed by atoms with Crippen molar-refractivity contribution < 1.29 is 9.53 Å². The highest BCUT2D eigenvalue weighted by Crippen LogP contribution is 2.16. The predicted molar refractivity (Wildman–Crippen MR) is 67.1 cm³/mol. The second-order valence-electron chi connectivity index (χ2n) is 4.24. The molecule has 0 radical (unpaired) electrons. The van der Waals surface area contributed by atoms with Crippen molar-refractivity contribution in [3.05, 3.63) is 31.2 Å². The average Bonchev–Trinajstić information content (AvgIpc) is 2.86. The van der Waals surface area contributed by atoms with Gasteiger partial charge in [0.25, 0.3) is 0 Å². The van der Waals surface area contributed by atoms with Gasteiger partial charge in [-0.25, -0.2) is 9.97 Å². The van der Waals surface area contributed by atoms with E-state index in [1.54, 1.807) is 18.3 Å². The van der Waals surface area contributed by atoms with Gasteiger partial charge in [0.1, 0.15) is 12.4 Å². The molecule has 2 rings (SSSR count). The Bertz CT molecular complexity index is 408. The van der Waals surface area contributed by atoms with E-state index in [1.807, 2.05) is 4.90 Å². The first-order valence-corrected chi connectivity index (χ1v) is 6.11. The number of ether oxygens (including phenoxy) is 1. The summed E-state index contributed by atoms with van der Waals surface area (Å²) in [5.74, 6) is 0.735. The van der Waals surface area contributed by atoms with Crippen molar-refractivity contribution in [2.45, 2.75) is 25.4 Å². The number of rotatable bonds is 5. The highest BCUT2D eigenvalue weighted by atomic mass is 16.5. The number of carbonyl (C=O) groups is 1. The van der Waals surface area contributed by atoms with E-state index in [0.29, 0.717) is 18.8 Å². The van der Waals surface area contributed by atoms with Crippen molar-refractivity contribution in [3.63, 3.8) is 0 Å². The molecule has 1 aromatic rings. The standard InChI is InChI=1S/C13H17N3O2/c1-2-3-4-13(17)16-8-6-11(9-16)18-12-5-7-14-10-15-12/h2,5,7,10-11H,1,3-4,6,8-9H2. The zero-order valence-corrected chi connectivity index (χ0v) is 10.3. The predicted octanol–water partition coefficient (Wildman–Crippen LogP) is 1.42. The van der Waals surface area contributed by atoms with E-state index >= 15 is 0 Å². The molecule has 1 amide bonds. The van der Waals surface area contributed by atoms with Crippen LogP contribution >= 0.6 is 0 Å². The summed E-state index contributed by atoms with van der Waals surface area (Å²) in [5, 5.41) is 0. The molecule has 0 aromatic carbocycles. The van der Waals surface area contributed by atoms with E-state index in [2.05, 4.69) is 16.5 Å². The van der Waals surface area contributed by atoms with Crippen LogP contribution in [-0.2, 0) is 4.79 Å². The smallest absolute Gasteiger partial charge is 0.223 e. The number of allylic oxidation sites excluding steroid dienone is 1. The van der Waals surface area contributed by atoms with Crippen molar-refractivity contribution in [3.8, 4) is 5.88 Å². The zero-order valence-electron chi connectivity index (χ0n) is 10.3. The molecule has 18 heavy (non-hydrogen) atoms. The van der Waals surface area contributed by atoms with Gasteiger partial charge < -0.3 is 9.64 Å². The normalized spacial score (nSPS) is 18.7. The number of hydrogen-bond donors (Lipinski definition) is 0. The third-order valence-electron chi connectivity index (χ3n) is 2.90. The van der Waals surface area contributed by atoms with Gasteiger partial charge in [-0.05, 0) is 6.42 Å². The van der Waals surface area contributed by atoms with Crippen molar-refractivity contribution in [2.24, 2.45) is 0 Å². The van der Waals surface area contributed by atoms with Gasteiger partial charge in [0.2, 0.25) is 11.8 Å². The van der Waals surface area contributed by atoms with Crippen LogP contribution in [0.25, 0.3) is 0 Å². The first-order chi connectivity index (χ1) is 8.79. The summed E-state index contributed by atoms with van der Waals surface area (Å²) in [5.41, 5.74) is 0. The van der Waals surface area contributed by atoms with Crippen LogP contribution in [0.5, 0.6) is 5.88 Å². The molecule has 1 aromatic heterocycles. The van der Waals surface area contributed by atoms with Crippen LogP contribution in [0.15, 0.2) is 31.2 Å². The lowest BCUT2D eigenvalue weighted by Crippen LogP contribution is -2.30. The van der Waals surface area contributed by atoms with E-state index in [-0.39, 0.29) is 12.0 Å². The van der Waals surface area contributed by atoms with Gasteiger partial charge in [-0.3, -0.25) is 4.79 Å². The van der Waals surface area contributed by atoms with Crippen LogP contribution < -0.4 is 4.74 Å². The Hall–Kier alpha value is -1.91. The van der Waals surface area contributed by atoms with E-state index in [0.717, 1.165) is 19.4 Å². The van der Waals surface area contributed by atoms with Crippen LogP contribution in [0.4, 0.5) is 0 Å². The molecule has 1 fully saturated rings. The molecule has 5 nitrogen and oxygen atoms in total. The van der Waals surface area contributed by atoms with E-state index in [9.17, 15) is 4.79 Å². The molecule has 96 valence electrons. The molecule has 0 aliphatic carbocycles. The minimum atomic E-state index is 0.0348. The van der Waals surface area contributed by atoms with Gasteiger partial charge in [-0.15, -0.1) is 6.58 Å². The minimum absolute atomic E-state index is 0.0348. The first kappa shape index (κ1) is 12.5. The van der Waals surface area contributed by atoms with Gasteiger partial charge in [0, 0.05) is 31.6 Å². The Labute approximate surface area is 106 Å². The summed E-state index contributed by atoms with van der Waals surface area (Å²) in [6.45, 7) is 5.01. The van der Waals surface area contributed by atoms with Crippen molar-refractivity contribution >= 4 is 5.91 Å². The van der Waals surface area contributed by atoms with E-state index in [1.165, 1.54) is 6.33 Å². The fraction of sp³-hybridized carbons (Fsp3) is 0.462. The first-order valence-electron chi connectivity index (χ1n) is 6.11. The van der Waals surface area contributed by atoms with Crippen LogP contribution in [-0.4, -0.2) is 40.0 Å². The third kappa shape index (κ3) is 3.29. The summed E-state index contributed by atoms with van der Waals surface area (Å²) in [6.07, 6.45) is 7.01. The lowest BCUT2D eigenvalue weighted by atomic mass is 10.3. The molecule has 0 saturated carbocycles. The SMILES string of the molecule is C=CCCC(=O)N1CCC(Oc2ccncn2)C1. The molecular weight excluding hydrogens is 230 g/mol. The monoisotopic (exact) mass is 247 g/mol. The van der Waals surface area contributed by atoms with Gasteiger partial charge in [0.15, 0.2) is 0 Å². The molecule has 2 heterocycles. The Morgan fingerprint density at radius 3 is 3.28 bits per heavy atom. The number of nitrogens with zero attached hydrogens (tertiary/aromatic N) is 3. The van der Waals surface area contributed by atoms with Gasteiger partial charge in [-0.1, -0.05) is 6.08 Å². The number of carbonyl (C=O) groups excluding carboxylic acids is 1. The van der Waals surface area contributed by atoms with E-state index in [4.69, 9.17) is 4.74 Å². The second kappa shape index (κ2) is 6.14. The maximum atomic E-state index is 11.8. The third-order valence-corrected chi connectivity index (χ3v) is 2.90. The molecule has 1 atom stereocenters. The Balaban J connectivity index is 1.81. The van der Waals surface area contributed by atoms with Gasteiger partial charge in [0.05, 0.1) is 6.54 Å². The van der Waals surface area contributed by atoms with Crippen LogP contribution in [0, 0.1) is 0 Å². The molecule has 5 heteroatoms. The maximum Gasteiger partial charge on any atom is 0.223 e. The molecule has 1 aliphatic heterocycles. The summed E-state index contributed by atoms with van der Waals surface area (Å²) in [4.78, 5) is 21.5. The summed E-state index contributed by atoms with van der Waals surface area (Å²) in [6, 6.07) is 1.72. The lowest BCUT2D eigenvalue weighted by molar-refractivity contribution is -0.130. The molecule has 0 bridgehead atoms. The summed E-state index contributed by atoms with van der Waals surface area (Å²) >= 11 is 0. The highest BCUT2D eigenvalue weighted by Gasteiger charge is 2.27. The van der Waals surface area contributed by atoms with Gasteiger partial charge >= 0.3 is 0 Å². The number of aromatic nitrogens is 2. The van der Waals surface area contributed by atoms with Crippen molar-refractivity contribution in [2.75, 3.05) is 13.1 Å². The summed E-state index contributed by atoms with van der Waals surface area (Å²) < 4.78 is 5.70. The fourth-order valence-corrected chi connectivity index (χ4v) is 1.95. The van der Waals surface area contributed by atoms with Crippen LogP contribution in [0.1, 0.15) is 19.3 Å². The number of amides is 1. The topological polar surface area (TPSA) is 55.3 Å². The van der Waals surface area contributed by atoms with Crippen molar-refractivity contribution in [1.82, 2.24) is 14.9 Å². The van der Waals surface area contributed by atoms with E-state index < -0.39 is 0 Å². The Morgan fingerprint density at radius 2 is 2.56 bits per heavy atom. The zero-order chi connectivity index (χ0) is 12.8. The summed E-state index contributed by atoms with van der Waals surface area (Å²) in [7, 11) is 0. The maximum absolute atomic E-state index is 11.8. The molecular formula is C13H17N3O2. The van der Waals surface area contributed by atoms with Crippen LogP contribution in [0.2, 0.25) is 0 Å². The van der Waals surface area contributed by atoms with Crippen molar-refractivity contribution in [1.29, 1.82) is 0 Å². The molecule has 0 spiro atoms. The quantitative estimate of drug-likeness (QED) is 0.738. The number of likely N-dealkylation sites (tertiary alicyclic amines) is 1. The molecule has 1 unspecified atom stereocenters. The largest absolute Gasteiger partial charge is 0.472 e. The van der Waals surface area contributed by atoms with Gasteiger partial charge in [-0.2, -0.15) is 0 Å². The van der Waals surface area contributed by atoms with Crippen LogP contribution in [0.3, 0.4) is 0 Å². The Morgan fingerprint density at radius 1 is 1.67 bits per heavy atom. The molecule has 0 N–H and O–H groups in total. The average molecular weight is 247 g/mol. The number of hydrogen-bond acceptors (Lipinski definition) is 4. The molecule has 1 saturated heterocycles.